The van der Waals surface area contributed by atoms with Crippen molar-refractivity contribution in [3.63, 3.8) is 0 Å². The van der Waals surface area contributed by atoms with E-state index < -0.39 is 11.8 Å². The van der Waals surface area contributed by atoms with Crippen LogP contribution >= 0.6 is 11.8 Å². The van der Waals surface area contributed by atoms with E-state index in [1.54, 1.807) is 27.7 Å². The fourth-order valence-corrected chi connectivity index (χ4v) is 4.30. The highest BCUT2D eigenvalue weighted by Gasteiger charge is 2.21. The number of halogens is 1. The molecule has 0 N–H and O–H groups in total. The van der Waals surface area contributed by atoms with E-state index in [9.17, 15) is 14.0 Å². The first-order valence-electron chi connectivity index (χ1n) is 11.6. The first-order valence-corrected chi connectivity index (χ1v) is 12.6. The molecule has 35 heavy (non-hydrogen) atoms. The zero-order valence-corrected chi connectivity index (χ0v) is 21.3. The summed E-state index contributed by atoms with van der Waals surface area (Å²) >= 11 is 1.12. The molecular formula is C26H31FN4O3S. The highest BCUT2D eigenvalue weighted by molar-refractivity contribution is 7.99. The number of carbonyl (C=O) groups is 2. The zero-order chi connectivity index (χ0) is 25.4. The molecule has 1 heterocycles. The molecule has 1 amide bonds. The Balaban J connectivity index is 1.70. The molecule has 0 saturated heterocycles. The van der Waals surface area contributed by atoms with Crippen molar-refractivity contribution in [2.75, 3.05) is 25.4 Å². The molecule has 0 aliphatic carbocycles. The number of carbonyl (C=O) groups excluding carboxylic acids is 2. The van der Waals surface area contributed by atoms with E-state index in [4.69, 9.17) is 4.74 Å². The first-order chi connectivity index (χ1) is 16.8. The Morgan fingerprint density at radius 1 is 0.971 bits per heavy atom. The molecule has 0 saturated carbocycles. The molecule has 3 aromatic rings. The highest BCUT2D eigenvalue weighted by atomic mass is 32.2. The minimum absolute atomic E-state index is 0.0656. The predicted octanol–water partition coefficient (Wildman–Crippen LogP) is 4.85. The van der Waals surface area contributed by atoms with Crippen LogP contribution in [0.4, 0.5) is 4.39 Å². The summed E-state index contributed by atoms with van der Waals surface area (Å²) in [5.74, 6) is -0.261. The summed E-state index contributed by atoms with van der Waals surface area (Å²) < 4.78 is 21.5. The van der Waals surface area contributed by atoms with Gasteiger partial charge in [-0.25, -0.2) is 4.39 Å². The Morgan fingerprint density at radius 2 is 1.60 bits per heavy atom. The molecule has 1 aromatic heterocycles. The SMILES string of the molecule is CC(C)CN(CC(C)C)C(=O)COC(=O)CSc1nnc(-c2ccccc2F)n1-c1ccccc1. The molecule has 0 radical (unpaired) electrons. The van der Waals surface area contributed by atoms with Gasteiger partial charge in [0.1, 0.15) is 5.82 Å². The van der Waals surface area contributed by atoms with Gasteiger partial charge < -0.3 is 9.64 Å². The monoisotopic (exact) mass is 498 g/mol. The van der Waals surface area contributed by atoms with Gasteiger partial charge >= 0.3 is 5.97 Å². The van der Waals surface area contributed by atoms with Gasteiger partial charge in [-0.05, 0) is 36.1 Å². The molecule has 0 atom stereocenters. The van der Waals surface area contributed by atoms with Crippen molar-refractivity contribution in [2.45, 2.75) is 32.9 Å². The number of hydrogen-bond acceptors (Lipinski definition) is 6. The molecule has 9 heteroatoms. The van der Waals surface area contributed by atoms with Crippen molar-refractivity contribution in [3.8, 4) is 17.1 Å². The van der Waals surface area contributed by atoms with Crippen LogP contribution in [0.15, 0.2) is 59.8 Å². The Hall–Kier alpha value is -3.20. The number of aromatic nitrogens is 3. The lowest BCUT2D eigenvalue weighted by Crippen LogP contribution is -2.39. The summed E-state index contributed by atoms with van der Waals surface area (Å²) in [4.78, 5) is 26.8. The van der Waals surface area contributed by atoms with Crippen LogP contribution in [-0.2, 0) is 14.3 Å². The van der Waals surface area contributed by atoms with Crippen LogP contribution in [0.5, 0.6) is 0 Å². The molecular weight excluding hydrogens is 467 g/mol. The van der Waals surface area contributed by atoms with E-state index in [0.29, 0.717) is 41.5 Å². The third-order valence-electron chi connectivity index (χ3n) is 4.96. The van der Waals surface area contributed by atoms with Gasteiger partial charge in [0.25, 0.3) is 5.91 Å². The van der Waals surface area contributed by atoms with Crippen molar-refractivity contribution in [2.24, 2.45) is 11.8 Å². The smallest absolute Gasteiger partial charge is 0.316 e. The number of thioether (sulfide) groups is 1. The number of hydrogen-bond donors (Lipinski definition) is 0. The van der Waals surface area contributed by atoms with Gasteiger partial charge in [-0.3, -0.25) is 14.2 Å². The maximum Gasteiger partial charge on any atom is 0.316 e. The Labute approximate surface area is 209 Å². The number of para-hydroxylation sites is 1. The van der Waals surface area contributed by atoms with E-state index in [2.05, 4.69) is 10.2 Å². The minimum Gasteiger partial charge on any atom is -0.455 e. The number of amides is 1. The summed E-state index contributed by atoms with van der Waals surface area (Å²) in [6, 6.07) is 15.6. The minimum atomic E-state index is -0.535. The van der Waals surface area contributed by atoms with E-state index >= 15 is 0 Å². The number of rotatable bonds is 11. The second-order valence-corrected chi connectivity index (χ2v) is 9.94. The van der Waals surface area contributed by atoms with Gasteiger partial charge in [-0.15, -0.1) is 10.2 Å². The topological polar surface area (TPSA) is 77.3 Å². The Morgan fingerprint density at radius 3 is 2.23 bits per heavy atom. The Bertz CT molecular complexity index is 1120. The maximum atomic E-state index is 14.5. The number of ether oxygens (including phenoxy) is 1. The molecule has 186 valence electrons. The van der Waals surface area contributed by atoms with Crippen molar-refractivity contribution < 1.29 is 18.7 Å². The van der Waals surface area contributed by atoms with E-state index in [1.807, 2.05) is 58.0 Å². The molecule has 0 fully saturated rings. The second kappa shape index (κ2) is 12.5. The molecule has 3 rings (SSSR count). The fraction of sp³-hybridized carbons (Fsp3) is 0.385. The van der Waals surface area contributed by atoms with Crippen LogP contribution in [0.2, 0.25) is 0 Å². The van der Waals surface area contributed by atoms with Crippen molar-refractivity contribution in [1.82, 2.24) is 19.7 Å². The van der Waals surface area contributed by atoms with E-state index in [1.165, 1.54) is 6.07 Å². The average molecular weight is 499 g/mol. The van der Waals surface area contributed by atoms with Crippen molar-refractivity contribution in [1.29, 1.82) is 0 Å². The van der Waals surface area contributed by atoms with Crippen LogP contribution in [-0.4, -0.2) is 57.0 Å². The van der Waals surface area contributed by atoms with Crippen LogP contribution in [0.1, 0.15) is 27.7 Å². The molecule has 0 aliphatic rings. The standard InChI is InChI=1S/C26H31FN4O3S/c1-18(2)14-30(15-19(3)4)23(32)16-34-24(33)17-35-26-29-28-25(21-12-8-9-13-22(21)27)31(26)20-10-6-5-7-11-20/h5-13,18-19H,14-17H2,1-4H3. The summed E-state index contributed by atoms with van der Waals surface area (Å²) in [5.41, 5.74) is 1.04. The van der Waals surface area contributed by atoms with Crippen molar-refractivity contribution in [3.05, 3.63) is 60.4 Å². The van der Waals surface area contributed by atoms with Crippen LogP contribution in [0, 0.1) is 17.7 Å². The van der Waals surface area contributed by atoms with E-state index in [0.717, 1.165) is 17.4 Å². The van der Waals surface area contributed by atoms with Crippen LogP contribution < -0.4 is 0 Å². The summed E-state index contributed by atoms with van der Waals surface area (Å²) in [6.07, 6.45) is 0. The summed E-state index contributed by atoms with van der Waals surface area (Å²) in [7, 11) is 0. The molecule has 0 bridgehead atoms. The first kappa shape index (κ1) is 26.4. The van der Waals surface area contributed by atoms with Gasteiger partial charge in [0.2, 0.25) is 0 Å². The predicted molar refractivity (Wildman–Crippen MR) is 135 cm³/mol. The van der Waals surface area contributed by atoms with Gasteiger partial charge in [-0.1, -0.05) is 69.8 Å². The fourth-order valence-electron chi connectivity index (χ4n) is 3.55. The summed E-state index contributed by atoms with van der Waals surface area (Å²) in [5, 5.41) is 8.81. The largest absolute Gasteiger partial charge is 0.455 e. The highest BCUT2D eigenvalue weighted by Crippen LogP contribution is 2.29. The third kappa shape index (κ3) is 7.39. The lowest BCUT2D eigenvalue weighted by molar-refractivity contribution is -0.150. The second-order valence-electron chi connectivity index (χ2n) is 8.99. The maximum absolute atomic E-state index is 14.5. The van der Waals surface area contributed by atoms with Gasteiger partial charge in [0, 0.05) is 18.8 Å². The lowest BCUT2D eigenvalue weighted by atomic mass is 10.1. The molecule has 0 aliphatic heterocycles. The van der Waals surface area contributed by atoms with Gasteiger partial charge in [-0.2, -0.15) is 0 Å². The Kier molecular flexibility index (Phi) is 9.42. The average Bonchev–Trinajstić information content (AvgIpc) is 3.24. The van der Waals surface area contributed by atoms with Crippen molar-refractivity contribution >= 4 is 23.6 Å². The number of benzene rings is 2. The van der Waals surface area contributed by atoms with E-state index in [-0.39, 0.29) is 18.3 Å². The summed E-state index contributed by atoms with van der Waals surface area (Å²) in [6.45, 7) is 9.10. The van der Waals surface area contributed by atoms with Crippen LogP contribution in [0.3, 0.4) is 0 Å². The van der Waals surface area contributed by atoms with Gasteiger partial charge in [0.15, 0.2) is 17.6 Å². The third-order valence-corrected chi connectivity index (χ3v) is 5.86. The zero-order valence-electron chi connectivity index (χ0n) is 20.5. The number of nitrogens with zero attached hydrogens (tertiary/aromatic N) is 4. The van der Waals surface area contributed by atoms with Gasteiger partial charge in [0.05, 0.1) is 11.3 Å². The normalized spacial score (nSPS) is 11.2. The quantitative estimate of drug-likeness (QED) is 0.278. The molecule has 7 nitrogen and oxygen atoms in total. The van der Waals surface area contributed by atoms with Crippen LogP contribution in [0.25, 0.3) is 17.1 Å². The lowest BCUT2D eigenvalue weighted by Gasteiger charge is -2.26. The molecule has 0 unspecified atom stereocenters. The molecule has 2 aromatic carbocycles. The molecule has 0 spiro atoms. The number of esters is 1.